The molecule has 1 aromatic heterocycles. The van der Waals surface area contributed by atoms with E-state index in [1.165, 1.54) is 70.6 Å². The monoisotopic (exact) mass is 336 g/mol. The summed E-state index contributed by atoms with van der Waals surface area (Å²) in [5.74, 6) is -0.105. The van der Waals surface area contributed by atoms with Crippen molar-refractivity contribution in [2.45, 2.75) is 104 Å². The first-order chi connectivity index (χ1) is 11.8. The van der Waals surface area contributed by atoms with E-state index in [-0.39, 0.29) is 12.7 Å². The van der Waals surface area contributed by atoms with Crippen molar-refractivity contribution in [2.24, 2.45) is 0 Å². The van der Waals surface area contributed by atoms with Crippen molar-refractivity contribution in [1.29, 1.82) is 0 Å². The van der Waals surface area contributed by atoms with Gasteiger partial charge in [-0.15, -0.1) is 0 Å². The van der Waals surface area contributed by atoms with E-state index >= 15 is 0 Å². The molecule has 4 heteroatoms. The number of imidazole rings is 1. The van der Waals surface area contributed by atoms with Crippen LogP contribution in [0.15, 0.2) is 18.7 Å². The van der Waals surface area contributed by atoms with Gasteiger partial charge in [0.05, 0.1) is 6.33 Å². The molecule has 0 saturated heterocycles. The Hall–Kier alpha value is -1.32. The quantitative estimate of drug-likeness (QED) is 0.280. The average Bonchev–Trinajstić information content (AvgIpc) is 3.10. The van der Waals surface area contributed by atoms with Crippen molar-refractivity contribution in [1.82, 2.24) is 9.55 Å². The van der Waals surface area contributed by atoms with Crippen LogP contribution in [0.4, 0.5) is 0 Å². The standard InChI is InChI=1S/C20H36N2O2/c1-2-3-4-5-6-7-8-9-10-11-12-13-14-15-20(23)24-19-22-17-16-21-18-22/h16-18H,2-15,19H2,1H3. The van der Waals surface area contributed by atoms with Crippen LogP contribution in [0.2, 0.25) is 0 Å². The fraction of sp³-hybridized carbons (Fsp3) is 0.800. The normalized spacial score (nSPS) is 10.9. The lowest BCUT2D eigenvalue weighted by molar-refractivity contribution is -0.147. The molecule has 0 unspecified atom stereocenters. The number of nitrogens with zero attached hydrogens (tertiary/aromatic N) is 2. The zero-order valence-corrected chi connectivity index (χ0v) is 15.5. The third-order valence-corrected chi connectivity index (χ3v) is 4.42. The Morgan fingerprint density at radius 2 is 1.42 bits per heavy atom. The molecule has 0 aliphatic rings. The number of carbonyl (C=O) groups is 1. The zero-order valence-electron chi connectivity index (χ0n) is 15.5. The van der Waals surface area contributed by atoms with Crippen LogP contribution in [0.3, 0.4) is 0 Å². The SMILES string of the molecule is CCCCCCCCCCCCCCCC(=O)OCn1ccnc1. The molecular formula is C20H36N2O2. The van der Waals surface area contributed by atoms with Crippen LogP contribution < -0.4 is 0 Å². The number of aromatic nitrogens is 2. The van der Waals surface area contributed by atoms with Crippen LogP contribution in [0, 0.1) is 0 Å². The number of esters is 1. The third kappa shape index (κ3) is 12.1. The Balaban J connectivity index is 1.76. The molecule has 0 radical (unpaired) electrons. The molecular weight excluding hydrogens is 300 g/mol. The molecule has 1 rings (SSSR count). The van der Waals surface area contributed by atoms with Crippen LogP contribution in [-0.2, 0) is 16.3 Å². The fourth-order valence-electron chi connectivity index (χ4n) is 2.87. The maximum atomic E-state index is 11.6. The van der Waals surface area contributed by atoms with Gasteiger partial charge in [-0.3, -0.25) is 4.79 Å². The summed E-state index contributed by atoms with van der Waals surface area (Å²) in [4.78, 5) is 15.5. The largest absolute Gasteiger partial charge is 0.444 e. The summed E-state index contributed by atoms with van der Waals surface area (Å²) in [5, 5.41) is 0. The maximum Gasteiger partial charge on any atom is 0.307 e. The van der Waals surface area contributed by atoms with E-state index in [4.69, 9.17) is 4.74 Å². The zero-order chi connectivity index (χ0) is 17.3. The Morgan fingerprint density at radius 3 is 1.92 bits per heavy atom. The molecule has 24 heavy (non-hydrogen) atoms. The van der Waals surface area contributed by atoms with Gasteiger partial charge in [0, 0.05) is 18.8 Å². The summed E-state index contributed by atoms with van der Waals surface area (Å²) in [5.41, 5.74) is 0. The molecule has 0 aliphatic heterocycles. The van der Waals surface area contributed by atoms with Gasteiger partial charge in [-0.2, -0.15) is 0 Å². The van der Waals surface area contributed by atoms with E-state index in [2.05, 4.69) is 11.9 Å². The maximum absolute atomic E-state index is 11.6. The first-order valence-corrected chi connectivity index (χ1v) is 9.94. The second kappa shape index (κ2) is 15.2. The van der Waals surface area contributed by atoms with Crippen LogP contribution in [0.25, 0.3) is 0 Å². The summed E-state index contributed by atoms with van der Waals surface area (Å²) < 4.78 is 6.93. The third-order valence-electron chi connectivity index (χ3n) is 4.42. The smallest absolute Gasteiger partial charge is 0.307 e. The van der Waals surface area contributed by atoms with Crippen LogP contribution in [0.5, 0.6) is 0 Å². The van der Waals surface area contributed by atoms with Gasteiger partial charge in [0.15, 0.2) is 6.73 Å². The topological polar surface area (TPSA) is 44.1 Å². The number of ether oxygens (including phenoxy) is 1. The van der Waals surface area contributed by atoms with Gasteiger partial charge >= 0.3 is 5.97 Å². The summed E-state index contributed by atoms with van der Waals surface area (Å²) in [6.07, 6.45) is 22.8. The number of carbonyl (C=O) groups excluding carboxylic acids is 1. The average molecular weight is 337 g/mol. The summed E-state index contributed by atoms with van der Waals surface area (Å²) in [6, 6.07) is 0. The molecule has 1 aromatic rings. The minimum Gasteiger partial charge on any atom is -0.444 e. The Labute approximate surface area is 148 Å². The summed E-state index contributed by atoms with van der Waals surface area (Å²) >= 11 is 0. The Bertz CT molecular complexity index is 390. The molecule has 0 N–H and O–H groups in total. The molecule has 1 heterocycles. The second-order valence-corrected chi connectivity index (χ2v) is 6.71. The lowest BCUT2D eigenvalue weighted by Crippen LogP contribution is -2.08. The Kier molecular flexibility index (Phi) is 13.1. The van der Waals surface area contributed by atoms with Crippen molar-refractivity contribution >= 4 is 5.97 Å². The number of hydrogen-bond donors (Lipinski definition) is 0. The van der Waals surface area contributed by atoms with Crippen LogP contribution >= 0.6 is 0 Å². The highest BCUT2D eigenvalue weighted by molar-refractivity contribution is 5.69. The van der Waals surface area contributed by atoms with Gasteiger partial charge in [-0.25, -0.2) is 4.98 Å². The Morgan fingerprint density at radius 1 is 0.875 bits per heavy atom. The molecule has 0 bridgehead atoms. The minimum atomic E-state index is -0.105. The molecule has 0 spiro atoms. The number of hydrogen-bond acceptors (Lipinski definition) is 3. The molecule has 4 nitrogen and oxygen atoms in total. The first kappa shape index (κ1) is 20.7. The van der Waals surface area contributed by atoms with E-state index in [9.17, 15) is 4.79 Å². The fourth-order valence-corrected chi connectivity index (χ4v) is 2.87. The van der Waals surface area contributed by atoms with Crippen LogP contribution in [-0.4, -0.2) is 15.5 Å². The summed E-state index contributed by atoms with van der Waals surface area (Å²) in [6.45, 7) is 2.54. The van der Waals surface area contributed by atoms with Gasteiger partial charge in [0.1, 0.15) is 0 Å². The van der Waals surface area contributed by atoms with E-state index in [0.29, 0.717) is 6.42 Å². The molecule has 0 fully saturated rings. The highest BCUT2D eigenvalue weighted by Gasteiger charge is 2.02. The van der Waals surface area contributed by atoms with Gasteiger partial charge in [0.2, 0.25) is 0 Å². The van der Waals surface area contributed by atoms with E-state index < -0.39 is 0 Å². The van der Waals surface area contributed by atoms with E-state index in [1.54, 1.807) is 23.3 Å². The number of unbranched alkanes of at least 4 members (excludes halogenated alkanes) is 12. The highest BCUT2D eigenvalue weighted by atomic mass is 16.5. The summed E-state index contributed by atoms with van der Waals surface area (Å²) in [7, 11) is 0. The molecule has 0 amide bonds. The van der Waals surface area contributed by atoms with Crippen molar-refractivity contribution in [3.63, 3.8) is 0 Å². The highest BCUT2D eigenvalue weighted by Crippen LogP contribution is 2.13. The van der Waals surface area contributed by atoms with E-state index in [0.717, 1.165) is 12.8 Å². The van der Waals surface area contributed by atoms with Gasteiger partial charge in [-0.05, 0) is 6.42 Å². The first-order valence-electron chi connectivity index (χ1n) is 9.94. The van der Waals surface area contributed by atoms with Crippen molar-refractivity contribution in [3.05, 3.63) is 18.7 Å². The number of rotatable bonds is 16. The minimum absolute atomic E-state index is 0.105. The molecule has 0 saturated carbocycles. The van der Waals surface area contributed by atoms with Gasteiger partial charge in [-0.1, -0.05) is 84.0 Å². The molecule has 0 aliphatic carbocycles. The van der Waals surface area contributed by atoms with Crippen molar-refractivity contribution < 1.29 is 9.53 Å². The van der Waals surface area contributed by atoms with Gasteiger partial charge < -0.3 is 9.30 Å². The lowest BCUT2D eigenvalue weighted by atomic mass is 10.0. The van der Waals surface area contributed by atoms with Crippen LogP contribution in [0.1, 0.15) is 96.8 Å². The van der Waals surface area contributed by atoms with Gasteiger partial charge in [0.25, 0.3) is 0 Å². The molecule has 138 valence electrons. The predicted octanol–water partition coefficient (Wildman–Crippen LogP) is 5.87. The lowest BCUT2D eigenvalue weighted by Gasteiger charge is -2.05. The van der Waals surface area contributed by atoms with Crippen molar-refractivity contribution in [3.8, 4) is 0 Å². The predicted molar refractivity (Wildman–Crippen MR) is 98.6 cm³/mol. The van der Waals surface area contributed by atoms with Crippen molar-refractivity contribution in [2.75, 3.05) is 0 Å². The molecule has 0 atom stereocenters. The molecule has 0 aromatic carbocycles. The second-order valence-electron chi connectivity index (χ2n) is 6.71. The van der Waals surface area contributed by atoms with E-state index in [1.807, 2.05) is 0 Å².